The highest BCUT2D eigenvalue weighted by Crippen LogP contribution is 2.30. The second-order valence-corrected chi connectivity index (χ2v) is 6.57. The Morgan fingerprint density at radius 1 is 0.897 bits per heavy atom. The molecule has 3 rings (SSSR count). The molecule has 150 valence electrons. The van der Waals surface area contributed by atoms with Crippen molar-refractivity contribution in [2.45, 2.75) is 19.6 Å². The average molecular weight is 391 g/mol. The van der Waals surface area contributed by atoms with Gasteiger partial charge >= 0.3 is 0 Å². The number of rotatable bonds is 8. The van der Waals surface area contributed by atoms with E-state index in [0.717, 1.165) is 11.1 Å². The summed E-state index contributed by atoms with van der Waals surface area (Å²) in [6.45, 7) is 2.30. The maximum Gasteiger partial charge on any atom is 0.255 e. The minimum absolute atomic E-state index is 0.217. The third-order valence-corrected chi connectivity index (χ3v) is 4.62. The van der Waals surface area contributed by atoms with Crippen molar-refractivity contribution in [2.24, 2.45) is 0 Å². The van der Waals surface area contributed by atoms with Crippen LogP contribution in [0.15, 0.2) is 72.8 Å². The minimum atomic E-state index is -0.283. The number of benzene rings is 3. The van der Waals surface area contributed by atoms with Gasteiger partial charge in [-0.25, -0.2) is 0 Å². The van der Waals surface area contributed by atoms with Crippen molar-refractivity contribution in [3.63, 3.8) is 0 Å². The average Bonchev–Trinajstić information content (AvgIpc) is 2.78. The Hall–Kier alpha value is -3.47. The molecule has 0 aliphatic rings. The fourth-order valence-corrected chi connectivity index (χ4v) is 3.05. The molecule has 3 aromatic carbocycles. The van der Waals surface area contributed by atoms with Gasteiger partial charge in [0.25, 0.3) is 5.91 Å². The summed E-state index contributed by atoms with van der Waals surface area (Å²) >= 11 is 0. The fourth-order valence-electron chi connectivity index (χ4n) is 3.05. The summed E-state index contributed by atoms with van der Waals surface area (Å²) in [5.41, 5.74) is 2.36. The molecule has 0 unspecified atom stereocenters. The van der Waals surface area contributed by atoms with Crippen LogP contribution >= 0.6 is 0 Å². The van der Waals surface area contributed by atoms with Gasteiger partial charge in [0.2, 0.25) is 0 Å². The van der Waals surface area contributed by atoms with Crippen LogP contribution in [-0.2, 0) is 6.61 Å². The van der Waals surface area contributed by atoms with Gasteiger partial charge in [0, 0.05) is 5.56 Å². The molecule has 0 fully saturated rings. The molecular weight excluding hydrogens is 366 g/mol. The van der Waals surface area contributed by atoms with Crippen LogP contribution in [0.3, 0.4) is 0 Å². The van der Waals surface area contributed by atoms with Crippen LogP contribution in [-0.4, -0.2) is 20.1 Å². The number of para-hydroxylation sites is 1. The summed E-state index contributed by atoms with van der Waals surface area (Å²) in [5.74, 6) is 1.71. The summed E-state index contributed by atoms with van der Waals surface area (Å²) in [7, 11) is 3.21. The first-order valence-corrected chi connectivity index (χ1v) is 9.41. The van der Waals surface area contributed by atoms with Gasteiger partial charge in [-0.2, -0.15) is 0 Å². The van der Waals surface area contributed by atoms with Gasteiger partial charge in [0.05, 0.1) is 25.8 Å². The van der Waals surface area contributed by atoms with Crippen molar-refractivity contribution < 1.29 is 19.0 Å². The van der Waals surface area contributed by atoms with Crippen LogP contribution in [0.5, 0.6) is 17.2 Å². The van der Waals surface area contributed by atoms with Crippen molar-refractivity contribution in [1.82, 2.24) is 5.32 Å². The molecule has 1 N–H and O–H groups in total. The van der Waals surface area contributed by atoms with Gasteiger partial charge in [-0.15, -0.1) is 0 Å². The van der Waals surface area contributed by atoms with E-state index in [0.29, 0.717) is 29.4 Å². The van der Waals surface area contributed by atoms with Crippen molar-refractivity contribution in [3.8, 4) is 17.2 Å². The number of amides is 1. The number of nitrogens with one attached hydrogen (secondary N) is 1. The number of carbonyl (C=O) groups excluding carboxylic acids is 1. The predicted molar refractivity (Wildman–Crippen MR) is 113 cm³/mol. The highest BCUT2D eigenvalue weighted by Gasteiger charge is 2.18. The highest BCUT2D eigenvalue weighted by molar-refractivity contribution is 5.97. The van der Waals surface area contributed by atoms with Crippen LogP contribution in [0, 0.1) is 0 Å². The van der Waals surface area contributed by atoms with Gasteiger partial charge in [-0.1, -0.05) is 42.5 Å². The summed E-state index contributed by atoms with van der Waals surface area (Å²) < 4.78 is 16.6. The first-order valence-electron chi connectivity index (χ1n) is 9.41. The number of carbonyl (C=O) groups is 1. The third-order valence-electron chi connectivity index (χ3n) is 4.62. The quantitative estimate of drug-likeness (QED) is 0.601. The third kappa shape index (κ3) is 5.08. The molecule has 0 aromatic heterocycles. The van der Waals surface area contributed by atoms with Gasteiger partial charge < -0.3 is 19.5 Å². The SMILES string of the molecule is COc1ccc(OC)c([C@@H](C)NC(=O)c2ccccc2OCc2ccccc2)c1. The van der Waals surface area contributed by atoms with Gasteiger partial charge in [-0.05, 0) is 42.8 Å². The van der Waals surface area contributed by atoms with Crippen molar-refractivity contribution in [3.05, 3.63) is 89.5 Å². The van der Waals surface area contributed by atoms with Crippen LogP contribution in [0.2, 0.25) is 0 Å². The van der Waals surface area contributed by atoms with Crippen LogP contribution in [0.25, 0.3) is 0 Å². The Kier molecular flexibility index (Phi) is 6.74. The summed E-state index contributed by atoms with van der Waals surface area (Å²) in [5, 5.41) is 3.02. The molecule has 0 heterocycles. The first kappa shape index (κ1) is 20.3. The number of ether oxygens (including phenoxy) is 3. The molecule has 1 amide bonds. The molecule has 0 aliphatic carbocycles. The van der Waals surface area contributed by atoms with E-state index in [4.69, 9.17) is 14.2 Å². The molecule has 0 spiro atoms. The molecule has 29 heavy (non-hydrogen) atoms. The number of methoxy groups -OCH3 is 2. The molecule has 5 heteroatoms. The highest BCUT2D eigenvalue weighted by atomic mass is 16.5. The van der Waals surface area contributed by atoms with E-state index in [2.05, 4.69) is 5.32 Å². The maximum absolute atomic E-state index is 13.0. The number of hydrogen-bond donors (Lipinski definition) is 1. The lowest BCUT2D eigenvalue weighted by Crippen LogP contribution is -2.27. The van der Waals surface area contributed by atoms with E-state index in [-0.39, 0.29) is 11.9 Å². The molecule has 0 saturated carbocycles. The minimum Gasteiger partial charge on any atom is -0.497 e. The Morgan fingerprint density at radius 2 is 1.62 bits per heavy atom. The van der Waals surface area contributed by atoms with Gasteiger partial charge in [-0.3, -0.25) is 4.79 Å². The van der Waals surface area contributed by atoms with Gasteiger partial charge in [0.15, 0.2) is 0 Å². The second-order valence-electron chi connectivity index (χ2n) is 6.57. The zero-order chi connectivity index (χ0) is 20.6. The molecule has 1 atom stereocenters. The van der Waals surface area contributed by atoms with E-state index < -0.39 is 0 Å². The molecule has 0 radical (unpaired) electrons. The Balaban J connectivity index is 1.76. The smallest absolute Gasteiger partial charge is 0.255 e. The van der Waals surface area contributed by atoms with Crippen molar-refractivity contribution in [1.29, 1.82) is 0 Å². The Morgan fingerprint density at radius 3 is 2.34 bits per heavy atom. The molecule has 0 bridgehead atoms. The molecule has 3 aromatic rings. The van der Waals surface area contributed by atoms with Crippen LogP contribution < -0.4 is 19.5 Å². The molecule has 0 aliphatic heterocycles. The van der Waals surface area contributed by atoms with E-state index in [1.807, 2.05) is 67.6 Å². The lowest BCUT2D eigenvalue weighted by atomic mass is 10.1. The Labute approximate surface area is 171 Å². The standard InChI is InChI=1S/C24H25NO4/c1-17(21-15-19(27-2)13-14-22(21)28-3)25-24(26)20-11-7-8-12-23(20)29-16-18-9-5-4-6-10-18/h4-15,17H,16H2,1-3H3,(H,25,26)/t17-/m1/s1. The number of hydrogen-bond acceptors (Lipinski definition) is 4. The topological polar surface area (TPSA) is 56.8 Å². The largest absolute Gasteiger partial charge is 0.497 e. The lowest BCUT2D eigenvalue weighted by molar-refractivity contribution is 0.0935. The van der Waals surface area contributed by atoms with Crippen molar-refractivity contribution in [2.75, 3.05) is 14.2 Å². The first-order chi connectivity index (χ1) is 14.1. The van der Waals surface area contributed by atoms with E-state index in [1.54, 1.807) is 26.4 Å². The molecule has 5 nitrogen and oxygen atoms in total. The Bertz CT molecular complexity index is 956. The van der Waals surface area contributed by atoms with Gasteiger partial charge in [0.1, 0.15) is 23.9 Å². The predicted octanol–water partition coefficient (Wildman–Crippen LogP) is 4.77. The second kappa shape index (κ2) is 9.64. The van der Waals surface area contributed by atoms with E-state index in [1.165, 1.54) is 0 Å². The monoisotopic (exact) mass is 391 g/mol. The van der Waals surface area contributed by atoms with Crippen LogP contribution in [0.4, 0.5) is 0 Å². The molecular formula is C24H25NO4. The van der Waals surface area contributed by atoms with E-state index in [9.17, 15) is 4.79 Å². The van der Waals surface area contributed by atoms with Crippen LogP contribution in [0.1, 0.15) is 34.5 Å². The summed E-state index contributed by atoms with van der Waals surface area (Å²) in [6, 6.07) is 22.3. The van der Waals surface area contributed by atoms with E-state index >= 15 is 0 Å². The fraction of sp³-hybridized carbons (Fsp3) is 0.208. The molecule has 0 saturated heterocycles. The normalized spacial score (nSPS) is 11.4. The zero-order valence-corrected chi connectivity index (χ0v) is 16.8. The maximum atomic E-state index is 13.0. The zero-order valence-electron chi connectivity index (χ0n) is 16.8. The summed E-state index contributed by atoms with van der Waals surface area (Å²) in [6.07, 6.45) is 0. The summed E-state index contributed by atoms with van der Waals surface area (Å²) in [4.78, 5) is 13.0. The van der Waals surface area contributed by atoms with Crippen molar-refractivity contribution >= 4 is 5.91 Å². The lowest BCUT2D eigenvalue weighted by Gasteiger charge is -2.19.